The lowest BCUT2D eigenvalue weighted by Gasteiger charge is -2.00. The van der Waals surface area contributed by atoms with Crippen LogP contribution in [0, 0.1) is 23.3 Å². The normalized spacial score (nSPS) is 9.30. The predicted octanol–water partition coefficient (Wildman–Crippen LogP) is 2.04. The number of aromatic carboxylic acids is 1. The van der Waals surface area contributed by atoms with Crippen LogP contribution in [-0.4, -0.2) is 23.0 Å². The van der Waals surface area contributed by atoms with Crippen molar-refractivity contribution in [1.82, 2.24) is 0 Å². The summed E-state index contributed by atoms with van der Waals surface area (Å²) in [6.45, 7) is 2.36. The second-order valence-electron chi connectivity index (χ2n) is 3.24. The van der Waals surface area contributed by atoms with E-state index in [1.54, 1.807) is 0 Å². The summed E-state index contributed by atoms with van der Waals surface area (Å²) in [6.07, 6.45) is 0. The lowest BCUT2D eigenvalue weighted by atomic mass is 10.2. The highest BCUT2D eigenvalue weighted by atomic mass is 19.2. The summed E-state index contributed by atoms with van der Waals surface area (Å²) in [5, 5.41) is 8.21. The third-order valence-corrected chi connectivity index (χ3v) is 1.62. The van der Waals surface area contributed by atoms with Gasteiger partial charge in [0.2, 0.25) is 0 Å². The van der Waals surface area contributed by atoms with Gasteiger partial charge in [-0.2, -0.15) is 0 Å². The van der Waals surface area contributed by atoms with Crippen LogP contribution in [0.2, 0.25) is 0 Å². The number of rotatable bonds is 1. The molecule has 0 atom stereocenters. The first kappa shape index (κ1) is 17.6. The van der Waals surface area contributed by atoms with Gasteiger partial charge in [-0.1, -0.05) is 0 Å². The van der Waals surface area contributed by atoms with Gasteiger partial charge in [-0.15, -0.1) is 0 Å². The summed E-state index contributed by atoms with van der Waals surface area (Å²) >= 11 is 0. The Morgan fingerprint density at radius 2 is 1.40 bits per heavy atom. The fraction of sp³-hybridized carbons (Fsp3) is 0.182. The minimum Gasteiger partial charge on any atom is -0.478 e. The second kappa shape index (κ2) is 7.22. The van der Waals surface area contributed by atoms with Gasteiger partial charge in [-0.3, -0.25) is 9.59 Å². The van der Waals surface area contributed by atoms with E-state index in [1.807, 2.05) is 0 Å². The van der Waals surface area contributed by atoms with Crippen molar-refractivity contribution >= 4 is 17.9 Å². The standard InChI is InChI=1S/C7H2F4O2.C4H6O3/c8-3-1-2(7(12)13)4(9)6(11)5(3)10;1-3(5)7-4(2)6/h1H,(H,12,13);1-2H3. The summed E-state index contributed by atoms with van der Waals surface area (Å²) in [5.41, 5.74) is -1.24. The minimum absolute atomic E-state index is 0.0794. The molecule has 0 aliphatic rings. The van der Waals surface area contributed by atoms with Crippen LogP contribution in [0.15, 0.2) is 6.07 Å². The molecule has 20 heavy (non-hydrogen) atoms. The quantitative estimate of drug-likeness (QED) is 0.282. The average Bonchev–Trinajstić information content (AvgIpc) is 2.29. The smallest absolute Gasteiger partial charge is 0.338 e. The van der Waals surface area contributed by atoms with Crippen molar-refractivity contribution in [2.75, 3.05) is 0 Å². The molecule has 0 unspecified atom stereocenters. The number of hydrogen-bond donors (Lipinski definition) is 1. The molecular formula is C11H8F4O5. The van der Waals surface area contributed by atoms with Gasteiger partial charge in [0, 0.05) is 13.8 Å². The Morgan fingerprint density at radius 1 is 0.950 bits per heavy atom. The third-order valence-electron chi connectivity index (χ3n) is 1.62. The van der Waals surface area contributed by atoms with Gasteiger partial charge in [-0.25, -0.2) is 22.4 Å². The molecule has 0 bridgehead atoms. The number of carbonyl (C=O) groups is 3. The van der Waals surface area contributed by atoms with Crippen LogP contribution in [0.25, 0.3) is 0 Å². The molecule has 1 aromatic carbocycles. The second-order valence-corrected chi connectivity index (χ2v) is 3.24. The number of ether oxygens (including phenoxy) is 1. The van der Waals surface area contributed by atoms with Gasteiger partial charge < -0.3 is 9.84 Å². The summed E-state index contributed by atoms with van der Waals surface area (Å²) in [7, 11) is 0. The van der Waals surface area contributed by atoms with Gasteiger partial charge in [0.05, 0.1) is 0 Å². The molecule has 1 rings (SSSR count). The van der Waals surface area contributed by atoms with Crippen LogP contribution in [-0.2, 0) is 14.3 Å². The molecular weight excluding hydrogens is 288 g/mol. The summed E-state index contributed by atoms with van der Waals surface area (Å²) in [5.74, 6) is -10.8. The molecule has 1 N–H and O–H groups in total. The maximum absolute atomic E-state index is 12.5. The molecule has 0 aliphatic heterocycles. The molecule has 0 radical (unpaired) electrons. The van der Waals surface area contributed by atoms with Crippen molar-refractivity contribution in [2.45, 2.75) is 13.8 Å². The first-order chi connectivity index (χ1) is 9.07. The highest BCUT2D eigenvalue weighted by Gasteiger charge is 2.22. The van der Waals surface area contributed by atoms with E-state index in [2.05, 4.69) is 4.74 Å². The van der Waals surface area contributed by atoms with Gasteiger partial charge in [-0.05, 0) is 6.07 Å². The van der Waals surface area contributed by atoms with Crippen LogP contribution in [0.4, 0.5) is 17.6 Å². The van der Waals surface area contributed by atoms with E-state index >= 15 is 0 Å². The van der Waals surface area contributed by atoms with Crippen molar-refractivity contribution in [2.24, 2.45) is 0 Å². The predicted molar refractivity (Wildman–Crippen MR) is 55.7 cm³/mol. The maximum Gasteiger partial charge on any atom is 0.338 e. The lowest BCUT2D eigenvalue weighted by molar-refractivity contribution is -0.156. The molecule has 1 aromatic rings. The van der Waals surface area contributed by atoms with Gasteiger partial charge in [0.15, 0.2) is 23.3 Å². The molecule has 0 aromatic heterocycles. The van der Waals surface area contributed by atoms with Crippen LogP contribution in [0.3, 0.4) is 0 Å². The fourth-order valence-electron chi connectivity index (χ4n) is 0.931. The molecule has 0 saturated carbocycles. The third kappa shape index (κ3) is 5.04. The van der Waals surface area contributed by atoms with E-state index in [0.717, 1.165) is 0 Å². The molecule has 0 spiro atoms. The zero-order valence-electron chi connectivity index (χ0n) is 10.2. The van der Waals surface area contributed by atoms with Crippen molar-refractivity contribution < 1.29 is 41.8 Å². The lowest BCUT2D eigenvalue weighted by Crippen LogP contribution is -2.06. The number of esters is 2. The Hall–Kier alpha value is -2.45. The summed E-state index contributed by atoms with van der Waals surface area (Å²) in [4.78, 5) is 29.8. The Labute approximate surface area is 109 Å². The number of halogens is 4. The van der Waals surface area contributed by atoms with Crippen LogP contribution in [0.1, 0.15) is 24.2 Å². The SMILES string of the molecule is CC(=O)OC(C)=O.O=C(O)c1cc(F)c(F)c(F)c1F. The minimum atomic E-state index is -2.13. The molecule has 5 nitrogen and oxygen atoms in total. The topological polar surface area (TPSA) is 80.7 Å². The Kier molecular flexibility index (Phi) is 6.33. The molecule has 0 fully saturated rings. The zero-order valence-corrected chi connectivity index (χ0v) is 10.2. The van der Waals surface area contributed by atoms with Crippen LogP contribution in [0.5, 0.6) is 0 Å². The van der Waals surface area contributed by atoms with Crippen molar-refractivity contribution in [3.8, 4) is 0 Å². The van der Waals surface area contributed by atoms with Crippen molar-refractivity contribution in [1.29, 1.82) is 0 Å². The Morgan fingerprint density at radius 3 is 1.70 bits per heavy atom. The first-order valence-electron chi connectivity index (χ1n) is 4.83. The molecule has 0 saturated heterocycles. The van der Waals surface area contributed by atoms with Crippen molar-refractivity contribution in [3.63, 3.8) is 0 Å². The number of carbonyl (C=O) groups excluding carboxylic acids is 2. The molecule has 0 amide bonds. The van der Waals surface area contributed by atoms with E-state index in [-0.39, 0.29) is 6.07 Å². The molecule has 0 heterocycles. The monoisotopic (exact) mass is 296 g/mol. The Balaban J connectivity index is 0.000000441. The fourth-order valence-corrected chi connectivity index (χ4v) is 0.931. The van der Waals surface area contributed by atoms with Crippen molar-refractivity contribution in [3.05, 3.63) is 34.9 Å². The van der Waals surface area contributed by atoms with E-state index in [0.29, 0.717) is 0 Å². The van der Waals surface area contributed by atoms with Crippen LogP contribution >= 0.6 is 0 Å². The largest absolute Gasteiger partial charge is 0.478 e. The van der Waals surface area contributed by atoms with Crippen LogP contribution < -0.4 is 0 Å². The van der Waals surface area contributed by atoms with Gasteiger partial charge in [0.1, 0.15) is 5.56 Å². The molecule has 110 valence electrons. The highest BCUT2D eigenvalue weighted by molar-refractivity contribution is 5.87. The van der Waals surface area contributed by atoms with E-state index in [9.17, 15) is 31.9 Å². The molecule has 9 heteroatoms. The summed E-state index contributed by atoms with van der Waals surface area (Å²) in [6, 6.07) is 0.0794. The zero-order chi connectivity index (χ0) is 16.0. The van der Waals surface area contributed by atoms with E-state index < -0.39 is 46.7 Å². The Bertz CT molecular complexity index is 544. The first-order valence-corrected chi connectivity index (χ1v) is 4.83. The number of benzene rings is 1. The average molecular weight is 296 g/mol. The van der Waals surface area contributed by atoms with Gasteiger partial charge >= 0.3 is 17.9 Å². The van der Waals surface area contributed by atoms with E-state index in [4.69, 9.17) is 5.11 Å². The van der Waals surface area contributed by atoms with Gasteiger partial charge in [0.25, 0.3) is 0 Å². The maximum atomic E-state index is 12.5. The molecule has 0 aliphatic carbocycles. The number of carboxylic acids is 1. The number of hydrogen-bond acceptors (Lipinski definition) is 4. The highest BCUT2D eigenvalue weighted by Crippen LogP contribution is 2.18. The summed E-state index contributed by atoms with van der Waals surface area (Å²) < 4.78 is 53.4. The van der Waals surface area contributed by atoms with E-state index in [1.165, 1.54) is 13.8 Å². The number of carboxylic acid groups (broad SMARTS) is 1.